The van der Waals surface area contributed by atoms with Crippen molar-refractivity contribution in [1.29, 1.82) is 0 Å². The van der Waals surface area contributed by atoms with Crippen LogP contribution in [-0.2, 0) is 0 Å². The summed E-state index contributed by atoms with van der Waals surface area (Å²) in [5, 5.41) is 26.3. The van der Waals surface area contributed by atoms with Gasteiger partial charge in [-0.05, 0) is 13.0 Å². The van der Waals surface area contributed by atoms with E-state index in [1.165, 1.54) is 116 Å². The van der Waals surface area contributed by atoms with Gasteiger partial charge in [-0.2, -0.15) is 0 Å². The van der Waals surface area contributed by atoms with Gasteiger partial charge in [-0.3, -0.25) is 0 Å². The number of hydrogen-bond acceptors (Lipinski definition) is 4. The van der Waals surface area contributed by atoms with E-state index in [0.717, 1.165) is 24.1 Å². The third-order valence-electron chi connectivity index (χ3n) is 6.03. The number of hydrogen-bond donors (Lipinski definition) is 3. The monoisotopic (exact) mass is 462 g/mol. The van der Waals surface area contributed by atoms with E-state index in [9.17, 15) is 0 Å². The van der Waals surface area contributed by atoms with Gasteiger partial charge in [-0.15, -0.1) is 10.1 Å². The molecule has 3 N–H and O–H groups in total. The van der Waals surface area contributed by atoms with E-state index in [-0.39, 0.29) is 0 Å². The summed E-state index contributed by atoms with van der Waals surface area (Å²) < 4.78 is 0.928. The van der Waals surface area contributed by atoms with Gasteiger partial charge in [0.15, 0.2) is 0 Å². The highest BCUT2D eigenvalue weighted by Gasteiger charge is 2.12. The summed E-state index contributed by atoms with van der Waals surface area (Å²) in [7, 11) is 4.40. The van der Waals surface area contributed by atoms with Crippen molar-refractivity contribution < 1.29 is 19.9 Å². The third kappa shape index (κ3) is 33.7. The van der Waals surface area contributed by atoms with Crippen molar-refractivity contribution in [3.05, 3.63) is 10.1 Å². The standard InChI is InChI=1S/C25H55N2O.HNO3/c1-4-5-6-7-8-9-10-11-12-13-14-15-16-17-18-19-21-26-22-20-23-27(2,3)24-25-28;2-1(3)4/h26,28H,4-25H2,1-3H3;(H,2,3,4)/q+1;. The van der Waals surface area contributed by atoms with Crippen molar-refractivity contribution in [2.75, 3.05) is 46.9 Å². The van der Waals surface area contributed by atoms with Gasteiger partial charge in [0.2, 0.25) is 0 Å². The molecule has 0 saturated carbocycles. The maximum Gasteiger partial charge on any atom is 0.291 e. The van der Waals surface area contributed by atoms with Gasteiger partial charge < -0.3 is 20.1 Å². The second kappa shape index (κ2) is 26.3. The molecular formula is C25H56N3O4+. The van der Waals surface area contributed by atoms with Gasteiger partial charge in [0.25, 0.3) is 5.09 Å². The number of aliphatic hydroxyl groups is 1. The molecule has 0 unspecified atom stereocenters. The summed E-state index contributed by atoms with van der Waals surface area (Å²) >= 11 is 0. The van der Waals surface area contributed by atoms with Crippen LogP contribution in [0, 0.1) is 10.1 Å². The van der Waals surface area contributed by atoms with Crippen LogP contribution < -0.4 is 5.32 Å². The maximum atomic E-state index is 9.04. The molecule has 7 heteroatoms. The lowest BCUT2D eigenvalue weighted by atomic mass is 10.0. The van der Waals surface area contributed by atoms with Crippen molar-refractivity contribution in [3.8, 4) is 0 Å². The first-order chi connectivity index (χ1) is 15.4. The zero-order valence-corrected chi connectivity index (χ0v) is 21.7. The normalized spacial score (nSPS) is 11.2. The average molecular weight is 463 g/mol. The van der Waals surface area contributed by atoms with Crippen molar-refractivity contribution in [2.45, 2.75) is 116 Å². The van der Waals surface area contributed by atoms with Crippen LogP contribution in [0.25, 0.3) is 0 Å². The highest BCUT2D eigenvalue weighted by molar-refractivity contribution is 4.52. The van der Waals surface area contributed by atoms with Crippen LogP contribution in [0.2, 0.25) is 0 Å². The molecule has 7 nitrogen and oxygen atoms in total. The molecule has 0 atom stereocenters. The Kier molecular flexibility index (Phi) is 27.4. The molecule has 0 heterocycles. The van der Waals surface area contributed by atoms with E-state index in [4.69, 9.17) is 20.4 Å². The fourth-order valence-electron chi connectivity index (χ4n) is 3.94. The van der Waals surface area contributed by atoms with Crippen molar-refractivity contribution in [3.63, 3.8) is 0 Å². The number of likely N-dealkylation sites (N-methyl/N-ethyl adjacent to an activating group) is 1. The Hall–Kier alpha value is -0.920. The van der Waals surface area contributed by atoms with Crippen LogP contribution in [0.3, 0.4) is 0 Å². The second-order valence-corrected chi connectivity index (χ2v) is 9.75. The molecule has 0 aromatic heterocycles. The molecule has 0 bridgehead atoms. The average Bonchev–Trinajstić information content (AvgIpc) is 2.72. The minimum atomic E-state index is -1.50. The summed E-state index contributed by atoms with van der Waals surface area (Å²) in [6, 6.07) is 0. The van der Waals surface area contributed by atoms with E-state index < -0.39 is 5.09 Å². The van der Waals surface area contributed by atoms with E-state index in [1.54, 1.807) is 0 Å². The third-order valence-corrected chi connectivity index (χ3v) is 6.03. The quantitative estimate of drug-likeness (QED) is 0.0755. The SMILES string of the molecule is CCCCCCCCCCCCCCCCCCNCCC[N+](C)(C)CCO.O=[N+]([O-])O. The molecule has 0 spiro atoms. The van der Waals surface area contributed by atoms with Crippen LogP contribution in [0.1, 0.15) is 116 Å². The first-order valence-corrected chi connectivity index (χ1v) is 13.3. The van der Waals surface area contributed by atoms with Gasteiger partial charge in [-0.1, -0.05) is 103 Å². The zero-order chi connectivity index (χ0) is 24.3. The lowest BCUT2D eigenvalue weighted by molar-refractivity contribution is -0.890. The maximum absolute atomic E-state index is 9.04. The zero-order valence-electron chi connectivity index (χ0n) is 21.7. The predicted molar refractivity (Wildman–Crippen MR) is 135 cm³/mol. The Morgan fingerprint density at radius 1 is 0.688 bits per heavy atom. The van der Waals surface area contributed by atoms with Crippen LogP contribution >= 0.6 is 0 Å². The molecule has 0 radical (unpaired) electrons. The Balaban J connectivity index is 0. The fraction of sp³-hybridized carbons (Fsp3) is 1.00. The number of rotatable bonds is 23. The molecule has 0 rings (SSSR count). The molecule has 0 fully saturated rings. The molecule has 0 amide bonds. The Bertz CT molecular complexity index is 378. The lowest BCUT2D eigenvalue weighted by Gasteiger charge is -2.28. The molecule has 194 valence electrons. The summed E-state index contributed by atoms with van der Waals surface area (Å²) in [6.45, 7) is 6.88. The Morgan fingerprint density at radius 2 is 1.03 bits per heavy atom. The smallest absolute Gasteiger partial charge is 0.291 e. The fourth-order valence-corrected chi connectivity index (χ4v) is 3.94. The van der Waals surface area contributed by atoms with E-state index in [0.29, 0.717) is 6.61 Å². The first kappa shape index (κ1) is 33.3. The topological polar surface area (TPSA) is 95.6 Å². The van der Waals surface area contributed by atoms with Gasteiger partial charge in [0.05, 0.1) is 27.2 Å². The Labute approximate surface area is 198 Å². The van der Waals surface area contributed by atoms with E-state index >= 15 is 0 Å². The lowest BCUT2D eigenvalue weighted by Crippen LogP contribution is -2.43. The largest absolute Gasteiger partial charge is 0.391 e. The van der Waals surface area contributed by atoms with Gasteiger partial charge >= 0.3 is 0 Å². The molecule has 0 aromatic rings. The summed E-state index contributed by atoms with van der Waals surface area (Å²) in [4.78, 5) is 8.36. The van der Waals surface area contributed by atoms with Gasteiger partial charge in [0.1, 0.15) is 6.54 Å². The minimum Gasteiger partial charge on any atom is -0.391 e. The van der Waals surface area contributed by atoms with Crippen LogP contribution in [0.5, 0.6) is 0 Å². The van der Waals surface area contributed by atoms with Gasteiger partial charge in [0, 0.05) is 13.0 Å². The molecule has 0 aliphatic heterocycles. The molecule has 0 saturated heterocycles. The van der Waals surface area contributed by atoms with Crippen molar-refractivity contribution in [2.24, 2.45) is 0 Å². The highest BCUT2D eigenvalue weighted by Crippen LogP contribution is 2.13. The minimum absolute atomic E-state index is 0.291. The number of nitrogens with one attached hydrogen (secondary N) is 1. The highest BCUT2D eigenvalue weighted by atomic mass is 16.9. The summed E-state index contributed by atoms with van der Waals surface area (Å²) in [6.07, 6.45) is 24.2. The molecular weight excluding hydrogens is 406 g/mol. The molecule has 32 heavy (non-hydrogen) atoms. The first-order valence-electron chi connectivity index (χ1n) is 13.3. The van der Waals surface area contributed by atoms with E-state index in [2.05, 4.69) is 26.3 Å². The molecule has 0 aliphatic carbocycles. The van der Waals surface area contributed by atoms with E-state index in [1.807, 2.05) is 0 Å². The summed E-state index contributed by atoms with van der Waals surface area (Å²) in [5.41, 5.74) is 0. The number of unbranched alkanes of at least 4 members (excludes halogenated alkanes) is 15. The number of nitrogens with zero attached hydrogens (tertiary/aromatic N) is 2. The van der Waals surface area contributed by atoms with Gasteiger partial charge in [-0.25, -0.2) is 0 Å². The Morgan fingerprint density at radius 3 is 1.41 bits per heavy atom. The molecule has 0 aliphatic rings. The second-order valence-electron chi connectivity index (χ2n) is 9.75. The van der Waals surface area contributed by atoms with Crippen molar-refractivity contribution in [1.82, 2.24) is 5.32 Å². The molecule has 0 aromatic carbocycles. The van der Waals surface area contributed by atoms with Crippen LogP contribution in [0.4, 0.5) is 0 Å². The van der Waals surface area contributed by atoms with Crippen LogP contribution in [0.15, 0.2) is 0 Å². The van der Waals surface area contributed by atoms with Crippen molar-refractivity contribution >= 4 is 0 Å². The number of aliphatic hydroxyl groups excluding tert-OH is 1. The van der Waals surface area contributed by atoms with Crippen LogP contribution in [-0.4, -0.2) is 66.8 Å². The summed E-state index contributed by atoms with van der Waals surface area (Å²) in [5.74, 6) is 0. The number of quaternary nitrogens is 1. The predicted octanol–water partition coefficient (Wildman–Crippen LogP) is 5.95.